The van der Waals surface area contributed by atoms with Crippen LogP contribution in [0.4, 0.5) is 0 Å². The third-order valence-electron chi connectivity index (χ3n) is 7.97. The minimum absolute atomic E-state index is 0.00660. The van der Waals surface area contributed by atoms with Crippen LogP contribution in [-0.2, 0) is 18.7 Å². The molecular formula is C29H55NO5Si. The molecule has 1 amide bonds. The van der Waals surface area contributed by atoms with Crippen LogP contribution in [-0.4, -0.2) is 64.5 Å². The van der Waals surface area contributed by atoms with Gasteiger partial charge in [-0.3, -0.25) is 4.79 Å². The Hall–Kier alpha value is -0.993. The molecule has 0 aliphatic heterocycles. The molecule has 0 aromatic carbocycles. The molecule has 0 aromatic rings. The van der Waals surface area contributed by atoms with Crippen molar-refractivity contribution in [2.24, 2.45) is 5.92 Å². The molecule has 1 aliphatic carbocycles. The fraction of sp³-hybridized carbons (Fsp3) is 0.828. The Balaban J connectivity index is 2.52. The summed E-state index contributed by atoms with van der Waals surface area (Å²) in [5, 5.41) is 14.2. The maximum atomic E-state index is 12.4. The van der Waals surface area contributed by atoms with Gasteiger partial charge in [-0.05, 0) is 49.4 Å². The van der Waals surface area contributed by atoms with Gasteiger partial charge in [-0.15, -0.1) is 0 Å². The molecule has 2 N–H and O–H groups in total. The van der Waals surface area contributed by atoms with Gasteiger partial charge in [-0.1, -0.05) is 72.1 Å². The fourth-order valence-corrected chi connectivity index (χ4v) is 5.71. The highest BCUT2D eigenvalue weighted by atomic mass is 28.4. The van der Waals surface area contributed by atoms with Gasteiger partial charge >= 0.3 is 0 Å². The summed E-state index contributed by atoms with van der Waals surface area (Å²) in [7, 11) is 1.47. The predicted octanol–water partition coefficient (Wildman–Crippen LogP) is 6.16. The van der Waals surface area contributed by atoms with Crippen molar-refractivity contribution < 1.29 is 23.8 Å². The van der Waals surface area contributed by atoms with Gasteiger partial charge in [-0.2, -0.15) is 0 Å². The van der Waals surface area contributed by atoms with E-state index >= 15 is 0 Å². The van der Waals surface area contributed by atoms with Crippen molar-refractivity contribution in [3.05, 3.63) is 23.8 Å². The number of carbonyl (C=O) groups excluding carboxylic acids is 1. The number of allylic oxidation sites excluding steroid dienone is 1. The highest BCUT2D eigenvalue weighted by Crippen LogP contribution is 2.40. The Morgan fingerprint density at radius 2 is 1.92 bits per heavy atom. The monoisotopic (exact) mass is 525 g/mol. The molecule has 0 radical (unpaired) electrons. The maximum absolute atomic E-state index is 12.4. The first-order chi connectivity index (χ1) is 16.9. The molecule has 0 unspecified atom stereocenters. The van der Waals surface area contributed by atoms with Crippen LogP contribution in [0.15, 0.2) is 23.8 Å². The lowest BCUT2D eigenvalue weighted by atomic mass is 9.82. The molecule has 0 bridgehead atoms. The Morgan fingerprint density at radius 1 is 1.22 bits per heavy atom. The molecule has 0 heterocycles. The Morgan fingerprint density at radius 3 is 2.50 bits per heavy atom. The van der Waals surface area contributed by atoms with Crippen LogP contribution >= 0.6 is 0 Å². The summed E-state index contributed by atoms with van der Waals surface area (Å²) in [6, 6.07) is 0. The van der Waals surface area contributed by atoms with Crippen molar-refractivity contribution >= 4 is 14.2 Å². The van der Waals surface area contributed by atoms with E-state index in [0.29, 0.717) is 19.4 Å². The zero-order valence-electron chi connectivity index (χ0n) is 24.6. The normalized spacial score (nSPS) is 22.9. The van der Waals surface area contributed by atoms with Gasteiger partial charge in [0.2, 0.25) is 5.91 Å². The standard InChI is InChI=1S/C29H55NO5Si/c1-10-11-13-16-23(33-6)17-14-12-15-18-27(31)30-21-26(34-7)24-19-20-25(22(2)28(24)32)35-36(8,9)29(3,4)5/h12,14,19,22-23,25-26,28,32H,10-11,13,15-18,20-21H2,1-9H3,(H,30,31)/b14-12+/t22-,23+,25-,26+,28-/m1/s1. The second kappa shape index (κ2) is 16.1. The molecule has 0 fully saturated rings. The first-order valence-corrected chi connectivity index (χ1v) is 16.8. The summed E-state index contributed by atoms with van der Waals surface area (Å²) >= 11 is 0. The molecule has 36 heavy (non-hydrogen) atoms. The number of hydrogen-bond acceptors (Lipinski definition) is 5. The smallest absolute Gasteiger partial charge is 0.220 e. The van der Waals surface area contributed by atoms with Crippen molar-refractivity contribution in [1.82, 2.24) is 5.32 Å². The topological polar surface area (TPSA) is 77.0 Å². The van der Waals surface area contributed by atoms with Crippen molar-refractivity contribution in [2.45, 2.75) is 129 Å². The van der Waals surface area contributed by atoms with E-state index in [4.69, 9.17) is 13.9 Å². The molecule has 1 aliphatic rings. The van der Waals surface area contributed by atoms with Crippen LogP contribution in [0, 0.1) is 5.92 Å². The summed E-state index contributed by atoms with van der Waals surface area (Å²) in [5.74, 6) is -0.0402. The third kappa shape index (κ3) is 10.8. The SMILES string of the molecule is CCCCC[C@@H](C/C=C/CCC(=O)NC[C@H](OC)C1=CC[C@@H](O[Si](C)(C)C(C)(C)C)[C@@H](C)[C@H]1O)OC. The highest BCUT2D eigenvalue weighted by Gasteiger charge is 2.43. The van der Waals surface area contributed by atoms with E-state index in [0.717, 1.165) is 24.8 Å². The minimum Gasteiger partial charge on any atom is -0.413 e. The second-order valence-corrected chi connectivity index (χ2v) is 16.5. The van der Waals surface area contributed by atoms with Gasteiger partial charge in [0.1, 0.15) is 0 Å². The molecule has 210 valence electrons. The van der Waals surface area contributed by atoms with Crippen LogP contribution in [0.3, 0.4) is 0 Å². The number of rotatable bonds is 16. The van der Waals surface area contributed by atoms with Crippen molar-refractivity contribution in [3.63, 3.8) is 0 Å². The predicted molar refractivity (Wildman–Crippen MR) is 152 cm³/mol. The first kappa shape index (κ1) is 33.0. The number of methoxy groups -OCH3 is 2. The third-order valence-corrected chi connectivity index (χ3v) is 12.5. The quantitative estimate of drug-likeness (QED) is 0.143. The van der Waals surface area contributed by atoms with Gasteiger partial charge in [0.05, 0.1) is 24.4 Å². The molecule has 0 aromatic heterocycles. The van der Waals surface area contributed by atoms with E-state index in [2.05, 4.69) is 64.3 Å². The zero-order chi connectivity index (χ0) is 27.4. The number of nitrogens with one attached hydrogen (secondary N) is 1. The number of hydrogen-bond donors (Lipinski definition) is 2. The van der Waals surface area contributed by atoms with Gasteiger partial charge in [0.25, 0.3) is 0 Å². The van der Waals surface area contributed by atoms with Crippen LogP contribution in [0.5, 0.6) is 0 Å². The van der Waals surface area contributed by atoms with Gasteiger partial charge in [-0.25, -0.2) is 0 Å². The molecule has 5 atom stereocenters. The summed E-state index contributed by atoms with van der Waals surface area (Å²) in [4.78, 5) is 12.4. The van der Waals surface area contributed by atoms with E-state index in [1.807, 2.05) is 6.92 Å². The van der Waals surface area contributed by atoms with E-state index in [1.54, 1.807) is 14.2 Å². The molecule has 0 saturated carbocycles. The summed E-state index contributed by atoms with van der Waals surface area (Å²) < 4.78 is 17.8. The van der Waals surface area contributed by atoms with E-state index in [9.17, 15) is 9.90 Å². The van der Waals surface area contributed by atoms with Gasteiger partial charge in [0.15, 0.2) is 8.32 Å². The van der Waals surface area contributed by atoms with Crippen LogP contribution < -0.4 is 5.32 Å². The Labute approximate surface area is 222 Å². The fourth-order valence-electron chi connectivity index (χ4n) is 4.29. The number of aliphatic hydroxyl groups is 1. The lowest BCUT2D eigenvalue weighted by molar-refractivity contribution is -0.121. The molecule has 7 heteroatoms. The highest BCUT2D eigenvalue weighted by molar-refractivity contribution is 6.74. The average molecular weight is 526 g/mol. The zero-order valence-corrected chi connectivity index (χ0v) is 25.6. The van der Waals surface area contributed by atoms with E-state index in [1.165, 1.54) is 19.3 Å². The van der Waals surface area contributed by atoms with Crippen LogP contribution in [0.1, 0.15) is 86.0 Å². The second-order valence-electron chi connectivity index (χ2n) is 11.8. The maximum Gasteiger partial charge on any atom is 0.220 e. The largest absolute Gasteiger partial charge is 0.413 e. The minimum atomic E-state index is -1.93. The summed E-state index contributed by atoms with van der Waals surface area (Å²) in [6.45, 7) is 15.8. The van der Waals surface area contributed by atoms with E-state index < -0.39 is 14.4 Å². The van der Waals surface area contributed by atoms with Crippen LogP contribution in [0.2, 0.25) is 18.1 Å². The molecule has 0 spiro atoms. The van der Waals surface area contributed by atoms with Crippen molar-refractivity contribution in [3.8, 4) is 0 Å². The number of carbonyl (C=O) groups is 1. The number of aliphatic hydroxyl groups excluding tert-OH is 1. The molecule has 1 rings (SSSR count). The molecule has 0 saturated heterocycles. The van der Waals surface area contributed by atoms with E-state index in [-0.39, 0.29) is 35.2 Å². The molecule has 6 nitrogen and oxygen atoms in total. The Bertz CT molecular complexity index is 700. The summed E-state index contributed by atoms with van der Waals surface area (Å²) in [5.41, 5.74) is 0.842. The first-order valence-electron chi connectivity index (χ1n) is 13.9. The van der Waals surface area contributed by atoms with Crippen molar-refractivity contribution in [2.75, 3.05) is 20.8 Å². The van der Waals surface area contributed by atoms with Gasteiger partial charge < -0.3 is 24.3 Å². The van der Waals surface area contributed by atoms with Gasteiger partial charge in [0, 0.05) is 33.1 Å². The van der Waals surface area contributed by atoms with Crippen molar-refractivity contribution in [1.29, 1.82) is 0 Å². The molecular weight excluding hydrogens is 470 g/mol. The average Bonchev–Trinajstić information content (AvgIpc) is 2.81. The Kier molecular flexibility index (Phi) is 14.8. The summed E-state index contributed by atoms with van der Waals surface area (Å²) in [6.07, 6.45) is 13.0. The lowest BCUT2D eigenvalue weighted by Crippen LogP contribution is -2.49. The van der Waals surface area contributed by atoms with Crippen LogP contribution in [0.25, 0.3) is 0 Å². The number of unbranched alkanes of at least 4 members (excludes halogenated alkanes) is 2. The number of ether oxygens (including phenoxy) is 2. The lowest BCUT2D eigenvalue weighted by Gasteiger charge is -2.43. The number of amides is 1.